The summed E-state index contributed by atoms with van der Waals surface area (Å²) in [5, 5.41) is 3.15. The van der Waals surface area contributed by atoms with E-state index in [1.807, 2.05) is 6.07 Å². The van der Waals surface area contributed by atoms with Gasteiger partial charge in [0.25, 0.3) is 0 Å². The SMILES string of the molecule is Nc1ccc2c(c1)CCC(=O)N2C(=O)CNC1CC1. The molecule has 0 radical (unpaired) electrons. The van der Waals surface area contributed by atoms with Crippen LogP contribution in [-0.2, 0) is 16.0 Å². The predicted octanol–water partition coefficient (Wildman–Crippen LogP) is 0.827. The minimum Gasteiger partial charge on any atom is -0.399 e. The fraction of sp³-hybridized carbons (Fsp3) is 0.429. The first-order chi connectivity index (χ1) is 9.15. The molecule has 1 aliphatic heterocycles. The van der Waals surface area contributed by atoms with Crippen LogP contribution in [-0.4, -0.2) is 24.4 Å². The van der Waals surface area contributed by atoms with Crippen LogP contribution in [0.2, 0.25) is 0 Å². The molecule has 5 nitrogen and oxygen atoms in total. The molecule has 0 spiro atoms. The number of hydrogen-bond acceptors (Lipinski definition) is 4. The van der Waals surface area contributed by atoms with Crippen molar-refractivity contribution in [3.05, 3.63) is 23.8 Å². The molecule has 5 heteroatoms. The van der Waals surface area contributed by atoms with Crippen molar-refractivity contribution in [1.29, 1.82) is 0 Å². The van der Waals surface area contributed by atoms with Crippen LogP contribution in [0.1, 0.15) is 24.8 Å². The van der Waals surface area contributed by atoms with Crippen LogP contribution in [0.3, 0.4) is 0 Å². The molecule has 1 fully saturated rings. The molecule has 0 atom stereocenters. The zero-order chi connectivity index (χ0) is 13.4. The van der Waals surface area contributed by atoms with E-state index in [0.717, 1.165) is 18.4 Å². The van der Waals surface area contributed by atoms with Gasteiger partial charge in [-0.25, -0.2) is 4.90 Å². The summed E-state index contributed by atoms with van der Waals surface area (Å²) in [5.74, 6) is -0.303. The van der Waals surface area contributed by atoms with E-state index in [-0.39, 0.29) is 18.4 Å². The Balaban J connectivity index is 1.82. The van der Waals surface area contributed by atoms with Crippen LogP contribution in [0.15, 0.2) is 18.2 Å². The quantitative estimate of drug-likeness (QED) is 0.788. The Kier molecular flexibility index (Phi) is 2.98. The van der Waals surface area contributed by atoms with Crippen LogP contribution in [0, 0.1) is 0 Å². The number of nitrogens with zero attached hydrogens (tertiary/aromatic N) is 1. The largest absolute Gasteiger partial charge is 0.399 e. The van der Waals surface area contributed by atoms with Crippen LogP contribution in [0.4, 0.5) is 11.4 Å². The molecule has 1 aliphatic carbocycles. The Labute approximate surface area is 111 Å². The van der Waals surface area contributed by atoms with Gasteiger partial charge in [0.05, 0.1) is 12.2 Å². The molecule has 19 heavy (non-hydrogen) atoms. The van der Waals surface area contributed by atoms with Crippen molar-refractivity contribution in [2.45, 2.75) is 31.7 Å². The number of amides is 2. The number of nitrogens with one attached hydrogen (secondary N) is 1. The smallest absolute Gasteiger partial charge is 0.247 e. The summed E-state index contributed by atoms with van der Waals surface area (Å²) in [6.45, 7) is 0.222. The van der Waals surface area contributed by atoms with Gasteiger partial charge in [0.15, 0.2) is 0 Å². The zero-order valence-corrected chi connectivity index (χ0v) is 10.7. The molecule has 100 valence electrons. The van der Waals surface area contributed by atoms with Gasteiger partial charge in [-0.15, -0.1) is 0 Å². The van der Waals surface area contributed by atoms with Crippen molar-refractivity contribution in [2.24, 2.45) is 0 Å². The van der Waals surface area contributed by atoms with Crippen molar-refractivity contribution in [3.8, 4) is 0 Å². The van der Waals surface area contributed by atoms with Crippen LogP contribution in [0.5, 0.6) is 0 Å². The molecular weight excluding hydrogens is 242 g/mol. The van der Waals surface area contributed by atoms with Gasteiger partial charge in [-0.1, -0.05) is 0 Å². The second-order valence-electron chi connectivity index (χ2n) is 5.17. The molecule has 0 unspecified atom stereocenters. The monoisotopic (exact) mass is 259 g/mol. The Morgan fingerprint density at radius 3 is 2.89 bits per heavy atom. The fourth-order valence-corrected chi connectivity index (χ4v) is 2.38. The van der Waals surface area contributed by atoms with E-state index in [9.17, 15) is 9.59 Å². The molecule has 0 bridgehead atoms. The minimum atomic E-state index is -0.178. The first-order valence-corrected chi connectivity index (χ1v) is 6.63. The highest BCUT2D eigenvalue weighted by Gasteiger charge is 2.30. The summed E-state index contributed by atoms with van der Waals surface area (Å²) in [7, 11) is 0. The second-order valence-corrected chi connectivity index (χ2v) is 5.17. The van der Waals surface area contributed by atoms with E-state index >= 15 is 0 Å². The lowest BCUT2D eigenvalue weighted by atomic mass is 10.0. The number of rotatable bonds is 3. The first-order valence-electron chi connectivity index (χ1n) is 6.63. The summed E-state index contributed by atoms with van der Waals surface area (Å²) in [6.07, 6.45) is 3.26. The van der Waals surface area contributed by atoms with E-state index in [1.54, 1.807) is 12.1 Å². The van der Waals surface area contributed by atoms with Crippen molar-refractivity contribution in [3.63, 3.8) is 0 Å². The molecule has 0 saturated heterocycles. The van der Waals surface area contributed by atoms with Crippen molar-refractivity contribution in [1.82, 2.24) is 5.32 Å². The van der Waals surface area contributed by atoms with Crippen molar-refractivity contribution >= 4 is 23.2 Å². The summed E-state index contributed by atoms with van der Waals surface area (Å²) in [6, 6.07) is 5.79. The Morgan fingerprint density at radius 2 is 2.16 bits per heavy atom. The van der Waals surface area contributed by atoms with Gasteiger partial charge in [0.2, 0.25) is 11.8 Å². The molecule has 1 aromatic rings. The number of hydrogen-bond donors (Lipinski definition) is 2. The molecular formula is C14H17N3O2. The molecule has 3 rings (SSSR count). The molecule has 1 saturated carbocycles. The summed E-state index contributed by atoms with van der Waals surface area (Å²) < 4.78 is 0. The average Bonchev–Trinajstić information content (AvgIpc) is 3.20. The third kappa shape index (κ3) is 2.46. The van der Waals surface area contributed by atoms with Gasteiger partial charge >= 0.3 is 0 Å². The van der Waals surface area contributed by atoms with Gasteiger partial charge in [0, 0.05) is 18.2 Å². The first kappa shape index (κ1) is 12.2. The van der Waals surface area contributed by atoms with E-state index < -0.39 is 0 Å². The lowest BCUT2D eigenvalue weighted by Gasteiger charge is -2.28. The van der Waals surface area contributed by atoms with Crippen LogP contribution in [0.25, 0.3) is 0 Å². The lowest BCUT2D eigenvalue weighted by molar-refractivity contribution is -0.126. The molecule has 0 aromatic heterocycles. The van der Waals surface area contributed by atoms with Gasteiger partial charge in [-0.3, -0.25) is 9.59 Å². The van der Waals surface area contributed by atoms with Gasteiger partial charge in [-0.05, 0) is 43.0 Å². The number of carbonyl (C=O) groups is 2. The Morgan fingerprint density at radius 1 is 1.37 bits per heavy atom. The van der Waals surface area contributed by atoms with Gasteiger partial charge < -0.3 is 11.1 Å². The van der Waals surface area contributed by atoms with E-state index in [4.69, 9.17) is 5.73 Å². The maximum Gasteiger partial charge on any atom is 0.247 e. The van der Waals surface area contributed by atoms with Crippen LogP contribution >= 0.6 is 0 Å². The van der Waals surface area contributed by atoms with Gasteiger partial charge in [-0.2, -0.15) is 0 Å². The average molecular weight is 259 g/mol. The Bertz CT molecular complexity index is 537. The third-order valence-corrected chi connectivity index (χ3v) is 3.57. The lowest BCUT2D eigenvalue weighted by Crippen LogP contribution is -2.45. The predicted molar refractivity (Wildman–Crippen MR) is 72.7 cm³/mol. The molecule has 1 heterocycles. The number of nitrogens with two attached hydrogens (primary N) is 1. The number of fused-ring (bicyclic) bond motifs is 1. The topological polar surface area (TPSA) is 75.4 Å². The third-order valence-electron chi connectivity index (χ3n) is 3.57. The van der Waals surface area contributed by atoms with Crippen molar-refractivity contribution < 1.29 is 9.59 Å². The van der Waals surface area contributed by atoms with Crippen LogP contribution < -0.4 is 16.0 Å². The van der Waals surface area contributed by atoms with E-state index in [2.05, 4.69) is 5.32 Å². The fourth-order valence-electron chi connectivity index (χ4n) is 2.38. The number of anilines is 2. The minimum absolute atomic E-state index is 0.125. The normalized spacial score (nSPS) is 18.3. The second kappa shape index (κ2) is 4.66. The van der Waals surface area contributed by atoms with E-state index in [0.29, 0.717) is 30.3 Å². The Hall–Kier alpha value is -1.88. The number of aryl methyl sites for hydroxylation is 1. The maximum atomic E-state index is 12.2. The number of carbonyl (C=O) groups excluding carboxylic acids is 2. The number of imide groups is 1. The summed E-state index contributed by atoms with van der Waals surface area (Å²) in [4.78, 5) is 25.5. The van der Waals surface area contributed by atoms with Crippen molar-refractivity contribution in [2.75, 3.05) is 17.2 Å². The summed E-state index contributed by atoms with van der Waals surface area (Å²) >= 11 is 0. The van der Waals surface area contributed by atoms with Gasteiger partial charge in [0.1, 0.15) is 0 Å². The standard InChI is InChI=1S/C14H17N3O2/c15-10-2-5-12-9(7-10)1-6-13(18)17(12)14(19)8-16-11-3-4-11/h2,5,7,11,16H,1,3-4,6,8,15H2. The maximum absolute atomic E-state index is 12.2. The molecule has 3 N–H and O–H groups in total. The molecule has 1 aromatic carbocycles. The molecule has 2 amide bonds. The highest BCUT2D eigenvalue weighted by atomic mass is 16.2. The van der Waals surface area contributed by atoms with E-state index in [1.165, 1.54) is 4.90 Å². The highest BCUT2D eigenvalue weighted by molar-refractivity contribution is 6.17. The highest BCUT2D eigenvalue weighted by Crippen LogP contribution is 2.29. The number of nitrogen functional groups attached to an aromatic ring is 1. The molecule has 2 aliphatic rings. The summed E-state index contributed by atoms with van der Waals surface area (Å²) in [5.41, 5.74) is 8.07. The number of benzene rings is 1. The zero-order valence-electron chi connectivity index (χ0n) is 10.7.